The van der Waals surface area contributed by atoms with E-state index < -0.39 is 23.8 Å². The van der Waals surface area contributed by atoms with E-state index in [0.717, 1.165) is 25.0 Å². The Hall–Kier alpha value is -1.56. The molecule has 1 aliphatic rings. The summed E-state index contributed by atoms with van der Waals surface area (Å²) in [6.45, 7) is 1.86. The number of nitrogens with one attached hydrogen (secondary N) is 1. The molecule has 110 valence electrons. The average molecular weight is 287 g/mol. The molecule has 3 nitrogen and oxygen atoms in total. The van der Waals surface area contributed by atoms with E-state index in [-0.39, 0.29) is 18.2 Å². The first-order valence-electron chi connectivity index (χ1n) is 6.51. The maximum Gasteiger partial charge on any atom is 0.416 e. The highest BCUT2D eigenvalue weighted by molar-refractivity contribution is 5.77. The van der Waals surface area contributed by atoms with Gasteiger partial charge in [0.05, 0.1) is 12.2 Å². The van der Waals surface area contributed by atoms with Crippen LogP contribution in [0.15, 0.2) is 24.3 Å². The summed E-state index contributed by atoms with van der Waals surface area (Å²) < 4.78 is 43.1. The highest BCUT2D eigenvalue weighted by Crippen LogP contribution is 2.32. The van der Waals surface area contributed by atoms with Crippen LogP contribution >= 0.6 is 0 Å². The van der Waals surface area contributed by atoms with E-state index in [9.17, 15) is 18.0 Å². The van der Waals surface area contributed by atoms with Crippen molar-refractivity contribution in [2.24, 2.45) is 0 Å². The molecule has 6 heteroatoms. The number of ether oxygens (including phenoxy) is 1. The van der Waals surface area contributed by atoms with Crippen molar-refractivity contribution in [3.8, 4) is 0 Å². The van der Waals surface area contributed by atoms with E-state index in [4.69, 9.17) is 4.74 Å². The van der Waals surface area contributed by atoms with E-state index in [1.807, 2.05) is 0 Å². The van der Waals surface area contributed by atoms with Crippen LogP contribution in [0.3, 0.4) is 0 Å². The lowest BCUT2D eigenvalue weighted by atomic mass is 10.0. The minimum atomic E-state index is -4.42. The molecular formula is C14H16F3NO2. The van der Waals surface area contributed by atoms with Crippen molar-refractivity contribution in [3.63, 3.8) is 0 Å². The van der Waals surface area contributed by atoms with Crippen molar-refractivity contribution >= 4 is 5.97 Å². The zero-order chi connectivity index (χ0) is 14.8. The number of carbonyl (C=O) groups is 1. The maximum absolute atomic E-state index is 12.7. The van der Waals surface area contributed by atoms with Gasteiger partial charge in [0.2, 0.25) is 0 Å². The molecule has 1 N–H and O–H groups in total. The number of rotatable bonds is 5. The summed E-state index contributed by atoms with van der Waals surface area (Å²) in [6, 6.07) is 4.13. The van der Waals surface area contributed by atoms with Gasteiger partial charge in [0.25, 0.3) is 0 Å². The topological polar surface area (TPSA) is 38.3 Å². The average Bonchev–Trinajstić information content (AvgIpc) is 3.19. The molecule has 1 aromatic carbocycles. The third-order valence-electron chi connectivity index (χ3n) is 3.05. The highest BCUT2D eigenvalue weighted by Gasteiger charge is 2.34. The molecule has 1 saturated carbocycles. The molecule has 1 aromatic rings. The molecule has 0 heterocycles. The first kappa shape index (κ1) is 14.8. The largest absolute Gasteiger partial charge is 0.465 e. The molecule has 2 rings (SSSR count). The van der Waals surface area contributed by atoms with Crippen LogP contribution in [0.5, 0.6) is 0 Å². The maximum atomic E-state index is 12.7. The summed E-state index contributed by atoms with van der Waals surface area (Å²) in [4.78, 5) is 11.9. The number of carbonyl (C=O) groups excluding carboxylic acids is 1. The second kappa shape index (κ2) is 5.83. The van der Waals surface area contributed by atoms with Crippen LogP contribution < -0.4 is 5.32 Å². The molecule has 0 bridgehead atoms. The lowest BCUT2D eigenvalue weighted by molar-refractivity contribution is -0.146. The Labute approximate surface area is 115 Å². The molecule has 0 spiro atoms. The van der Waals surface area contributed by atoms with Crippen LogP contribution in [0.4, 0.5) is 13.2 Å². The second-order valence-corrected chi connectivity index (χ2v) is 4.75. The molecule has 0 amide bonds. The van der Waals surface area contributed by atoms with Crippen molar-refractivity contribution in [1.29, 1.82) is 0 Å². The SMILES string of the molecule is CCOC(=O)C(NC1CC1)c1cccc(C(F)(F)F)c1. The molecule has 0 saturated heterocycles. The van der Waals surface area contributed by atoms with Crippen LogP contribution in [0, 0.1) is 0 Å². The molecule has 0 aromatic heterocycles. The Balaban J connectivity index is 2.25. The van der Waals surface area contributed by atoms with Crippen LogP contribution in [0.25, 0.3) is 0 Å². The van der Waals surface area contributed by atoms with Gasteiger partial charge >= 0.3 is 12.1 Å². The van der Waals surface area contributed by atoms with Gasteiger partial charge in [-0.05, 0) is 37.5 Å². The lowest BCUT2D eigenvalue weighted by Gasteiger charge is -2.18. The van der Waals surface area contributed by atoms with Gasteiger partial charge in [-0.25, -0.2) is 4.79 Å². The monoisotopic (exact) mass is 287 g/mol. The molecule has 0 radical (unpaired) electrons. The summed E-state index contributed by atoms with van der Waals surface area (Å²) in [5.41, 5.74) is -0.480. The Morgan fingerprint density at radius 2 is 2.15 bits per heavy atom. The predicted molar refractivity (Wildman–Crippen MR) is 67.0 cm³/mol. The van der Waals surface area contributed by atoms with Crippen LogP contribution in [-0.2, 0) is 15.7 Å². The zero-order valence-corrected chi connectivity index (χ0v) is 11.0. The Morgan fingerprint density at radius 1 is 1.45 bits per heavy atom. The number of hydrogen-bond donors (Lipinski definition) is 1. The van der Waals surface area contributed by atoms with Crippen LogP contribution in [0.2, 0.25) is 0 Å². The fraction of sp³-hybridized carbons (Fsp3) is 0.500. The van der Waals surface area contributed by atoms with E-state index in [1.165, 1.54) is 12.1 Å². The van der Waals surface area contributed by atoms with Crippen molar-refractivity contribution in [2.45, 2.75) is 38.0 Å². The summed E-state index contributed by atoms with van der Waals surface area (Å²) in [6.07, 6.45) is -2.57. The molecule has 1 unspecified atom stereocenters. The van der Waals surface area contributed by atoms with Gasteiger partial charge in [-0.3, -0.25) is 5.32 Å². The van der Waals surface area contributed by atoms with Gasteiger partial charge in [0, 0.05) is 6.04 Å². The summed E-state index contributed by atoms with van der Waals surface area (Å²) in [5.74, 6) is -0.543. The quantitative estimate of drug-likeness (QED) is 0.846. The van der Waals surface area contributed by atoms with Crippen molar-refractivity contribution in [1.82, 2.24) is 5.32 Å². The van der Waals surface area contributed by atoms with Gasteiger partial charge in [0.1, 0.15) is 6.04 Å². The van der Waals surface area contributed by atoms with Crippen molar-refractivity contribution < 1.29 is 22.7 Å². The van der Waals surface area contributed by atoms with E-state index in [2.05, 4.69) is 5.32 Å². The predicted octanol–water partition coefficient (Wildman–Crippen LogP) is 3.06. The normalized spacial score (nSPS) is 16.8. The standard InChI is InChI=1S/C14H16F3NO2/c1-2-20-13(19)12(18-11-6-7-11)9-4-3-5-10(8-9)14(15,16)17/h3-5,8,11-12,18H,2,6-7H2,1H3. The molecular weight excluding hydrogens is 271 g/mol. The minimum Gasteiger partial charge on any atom is -0.465 e. The number of benzene rings is 1. The Bertz CT molecular complexity index is 484. The zero-order valence-electron chi connectivity index (χ0n) is 11.0. The fourth-order valence-electron chi connectivity index (χ4n) is 1.91. The third-order valence-corrected chi connectivity index (χ3v) is 3.05. The summed E-state index contributed by atoms with van der Waals surface area (Å²) >= 11 is 0. The number of halogens is 3. The van der Waals surface area contributed by atoms with Gasteiger partial charge in [-0.2, -0.15) is 13.2 Å². The smallest absolute Gasteiger partial charge is 0.416 e. The first-order valence-corrected chi connectivity index (χ1v) is 6.51. The Morgan fingerprint density at radius 3 is 2.70 bits per heavy atom. The van der Waals surface area contributed by atoms with E-state index in [1.54, 1.807) is 6.92 Å². The number of esters is 1. The highest BCUT2D eigenvalue weighted by atomic mass is 19.4. The molecule has 20 heavy (non-hydrogen) atoms. The van der Waals surface area contributed by atoms with Gasteiger partial charge in [0.15, 0.2) is 0 Å². The van der Waals surface area contributed by atoms with E-state index in [0.29, 0.717) is 0 Å². The molecule has 1 aliphatic carbocycles. The second-order valence-electron chi connectivity index (χ2n) is 4.75. The fourth-order valence-corrected chi connectivity index (χ4v) is 1.91. The molecule has 0 aliphatic heterocycles. The van der Waals surface area contributed by atoms with Crippen LogP contribution in [-0.4, -0.2) is 18.6 Å². The minimum absolute atomic E-state index is 0.180. The van der Waals surface area contributed by atoms with Crippen LogP contribution in [0.1, 0.15) is 36.9 Å². The lowest BCUT2D eigenvalue weighted by Crippen LogP contribution is -2.32. The van der Waals surface area contributed by atoms with Crippen molar-refractivity contribution in [2.75, 3.05) is 6.61 Å². The van der Waals surface area contributed by atoms with Crippen molar-refractivity contribution in [3.05, 3.63) is 35.4 Å². The van der Waals surface area contributed by atoms with Gasteiger partial charge < -0.3 is 4.74 Å². The molecule has 1 atom stereocenters. The Kier molecular flexibility index (Phi) is 4.32. The third kappa shape index (κ3) is 3.72. The number of hydrogen-bond acceptors (Lipinski definition) is 3. The molecule has 1 fully saturated rings. The first-order chi connectivity index (χ1) is 9.41. The summed E-state index contributed by atoms with van der Waals surface area (Å²) in [5, 5.41) is 3.03. The van der Waals surface area contributed by atoms with Gasteiger partial charge in [-0.1, -0.05) is 12.1 Å². The summed E-state index contributed by atoms with van der Waals surface area (Å²) in [7, 11) is 0. The number of alkyl halides is 3. The van der Waals surface area contributed by atoms with E-state index >= 15 is 0 Å². The van der Waals surface area contributed by atoms with Gasteiger partial charge in [-0.15, -0.1) is 0 Å².